The zero-order chi connectivity index (χ0) is 14.7. The van der Waals surface area contributed by atoms with Gasteiger partial charge in [-0.05, 0) is 24.8 Å². The fraction of sp³-hybridized carbons (Fsp3) is 0.500. The Hall–Kier alpha value is -2.04. The van der Waals surface area contributed by atoms with Gasteiger partial charge in [-0.3, -0.25) is 4.79 Å². The summed E-state index contributed by atoms with van der Waals surface area (Å²) in [7, 11) is 0. The molecule has 0 aliphatic carbocycles. The first kappa shape index (κ1) is 13.9. The number of rotatable bonds is 2. The third-order valence-corrected chi connectivity index (χ3v) is 4.19. The minimum atomic E-state index is -0.290. The third kappa shape index (κ3) is 3.17. The highest BCUT2D eigenvalue weighted by Gasteiger charge is 2.45. The van der Waals surface area contributed by atoms with Gasteiger partial charge in [0.15, 0.2) is 0 Å². The van der Waals surface area contributed by atoms with E-state index in [0.29, 0.717) is 19.5 Å². The number of nitrogens with one attached hydrogen (secondary N) is 1. The average Bonchev–Trinajstić information content (AvgIpc) is 2.69. The van der Waals surface area contributed by atoms with Gasteiger partial charge in [0.25, 0.3) is 0 Å². The average molecular weight is 288 g/mol. The number of β-lactam (4-membered cyclic amide) rings is 1. The minimum Gasteiger partial charge on any atom is -0.445 e. The fourth-order valence-corrected chi connectivity index (χ4v) is 3.09. The number of likely N-dealkylation sites (tertiary alicyclic amines) is 1. The molecule has 2 fully saturated rings. The lowest BCUT2D eigenvalue weighted by atomic mass is 9.83. The molecule has 1 N–H and O–H groups in total. The molecule has 2 aliphatic heterocycles. The van der Waals surface area contributed by atoms with Gasteiger partial charge in [0.1, 0.15) is 6.61 Å². The van der Waals surface area contributed by atoms with Crippen molar-refractivity contribution in [1.82, 2.24) is 10.2 Å². The molecule has 0 radical (unpaired) electrons. The molecule has 112 valence electrons. The minimum absolute atomic E-state index is 0.0782. The number of hydrogen-bond acceptors (Lipinski definition) is 3. The molecule has 0 bridgehead atoms. The summed E-state index contributed by atoms with van der Waals surface area (Å²) in [5.41, 5.74) is 0.770. The normalized spacial score (nSPS) is 25.0. The summed E-state index contributed by atoms with van der Waals surface area (Å²) in [5, 5.41) is 2.97. The maximum atomic E-state index is 12.2. The maximum Gasteiger partial charge on any atom is 0.410 e. The molecule has 2 amide bonds. The molecule has 0 saturated carbocycles. The van der Waals surface area contributed by atoms with Gasteiger partial charge in [0.05, 0.1) is 12.0 Å². The molecule has 1 spiro atoms. The van der Waals surface area contributed by atoms with Crippen LogP contribution in [0.2, 0.25) is 0 Å². The molecule has 1 atom stereocenters. The molecule has 1 aromatic carbocycles. The first-order valence-corrected chi connectivity index (χ1v) is 7.44. The first-order chi connectivity index (χ1) is 10.2. The number of carbonyl (C=O) groups is 2. The van der Waals surface area contributed by atoms with Crippen molar-refractivity contribution >= 4 is 12.0 Å². The van der Waals surface area contributed by atoms with Crippen molar-refractivity contribution in [2.75, 3.05) is 13.1 Å². The smallest absolute Gasteiger partial charge is 0.410 e. The highest BCUT2D eigenvalue weighted by Crippen LogP contribution is 2.30. The predicted octanol–water partition coefficient (Wildman–Crippen LogP) is 2.07. The Kier molecular flexibility index (Phi) is 3.82. The second-order valence-electron chi connectivity index (χ2n) is 5.92. The van der Waals surface area contributed by atoms with Gasteiger partial charge in [-0.2, -0.15) is 0 Å². The van der Waals surface area contributed by atoms with Crippen LogP contribution < -0.4 is 5.32 Å². The van der Waals surface area contributed by atoms with Gasteiger partial charge in [0.2, 0.25) is 5.91 Å². The summed E-state index contributed by atoms with van der Waals surface area (Å²) < 4.78 is 5.39. The molecule has 5 nitrogen and oxygen atoms in total. The van der Waals surface area contributed by atoms with Gasteiger partial charge < -0.3 is 15.0 Å². The lowest BCUT2D eigenvalue weighted by Gasteiger charge is -2.43. The van der Waals surface area contributed by atoms with E-state index in [1.54, 1.807) is 4.90 Å². The molecule has 1 unspecified atom stereocenters. The van der Waals surface area contributed by atoms with E-state index in [-0.39, 0.29) is 24.1 Å². The summed E-state index contributed by atoms with van der Waals surface area (Å²) >= 11 is 0. The summed E-state index contributed by atoms with van der Waals surface area (Å²) in [5.74, 6) is 0.0782. The van der Waals surface area contributed by atoms with Crippen LogP contribution >= 0.6 is 0 Å². The summed E-state index contributed by atoms with van der Waals surface area (Å²) in [4.78, 5) is 25.2. The Morgan fingerprint density at radius 1 is 1.29 bits per heavy atom. The number of ether oxygens (including phenoxy) is 1. The van der Waals surface area contributed by atoms with Crippen molar-refractivity contribution in [1.29, 1.82) is 0 Å². The zero-order valence-electron chi connectivity index (χ0n) is 12.0. The highest BCUT2D eigenvalue weighted by atomic mass is 16.6. The molecule has 2 aliphatic rings. The van der Waals surface area contributed by atoms with E-state index in [9.17, 15) is 9.59 Å². The van der Waals surface area contributed by atoms with E-state index in [4.69, 9.17) is 4.74 Å². The van der Waals surface area contributed by atoms with Crippen molar-refractivity contribution in [3.8, 4) is 0 Å². The van der Waals surface area contributed by atoms with Crippen LogP contribution in [0.3, 0.4) is 0 Å². The number of amides is 2. The summed E-state index contributed by atoms with van der Waals surface area (Å²) in [6.07, 6.45) is 3.17. The van der Waals surface area contributed by atoms with Crippen molar-refractivity contribution < 1.29 is 14.3 Å². The van der Waals surface area contributed by atoms with Crippen LogP contribution in [-0.4, -0.2) is 35.5 Å². The lowest BCUT2D eigenvalue weighted by molar-refractivity contribution is -0.133. The van der Waals surface area contributed by atoms with Crippen molar-refractivity contribution in [3.63, 3.8) is 0 Å². The second kappa shape index (κ2) is 5.76. The SMILES string of the molecule is O=C1CC2(CCCCN(C(=O)OCc3ccccc3)C2)N1. The molecule has 2 saturated heterocycles. The molecule has 1 aromatic rings. The van der Waals surface area contributed by atoms with E-state index in [1.165, 1.54) is 0 Å². The van der Waals surface area contributed by atoms with Gasteiger partial charge in [0, 0.05) is 13.1 Å². The van der Waals surface area contributed by atoms with Crippen LogP contribution in [0.4, 0.5) is 4.79 Å². The number of nitrogens with zero attached hydrogens (tertiary/aromatic N) is 1. The van der Waals surface area contributed by atoms with E-state index in [0.717, 1.165) is 24.8 Å². The monoisotopic (exact) mass is 288 g/mol. The van der Waals surface area contributed by atoms with Gasteiger partial charge in [-0.25, -0.2) is 4.79 Å². The molecule has 3 rings (SSSR count). The van der Waals surface area contributed by atoms with E-state index < -0.39 is 0 Å². The van der Waals surface area contributed by atoms with Crippen LogP contribution in [0.25, 0.3) is 0 Å². The predicted molar refractivity (Wildman–Crippen MR) is 77.5 cm³/mol. The molecular weight excluding hydrogens is 268 g/mol. The Bertz CT molecular complexity index is 522. The van der Waals surface area contributed by atoms with E-state index in [2.05, 4.69) is 5.32 Å². The molecule has 21 heavy (non-hydrogen) atoms. The molecule has 2 heterocycles. The van der Waals surface area contributed by atoms with Crippen molar-refractivity contribution in [2.45, 2.75) is 37.8 Å². The zero-order valence-corrected chi connectivity index (χ0v) is 12.0. The largest absolute Gasteiger partial charge is 0.445 e. The summed E-state index contributed by atoms with van der Waals surface area (Å²) in [6.45, 7) is 1.55. The Morgan fingerprint density at radius 3 is 2.76 bits per heavy atom. The third-order valence-electron chi connectivity index (χ3n) is 4.19. The molecule has 5 heteroatoms. The Morgan fingerprint density at radius 2 is 2.05 bits per heavy atom. The van der Waals surface area contributed by atoms with Crippen LogP contribution in [0.5, 0.6) is 0 Å². The number of hydrogen-bond donors (Lipinski definition) is 1. The van der Waals surface area contributed by atoms with Gasteiger partial charge in [-0.15, -0.1) is 0 Å². The quantitative estimate of drug-likeness (QED) is 0.848. The Labute approximate surface area is 124 Å². The maximum absolute atomic E-state index is 12.2. The molecule has 0 aromatic heterocycles. The van der Waals surface area contributed by atoms with Crippen molar-refractivity contribution in [2.24, 2.45) is 0 Å². The van der Waals surface area contributed by atoms with Gasteiger partial charge in [-0.1, -0.05) is 30.3 Å². The fourth-order valence-electron chi connectivity index (χ4n) is 3.09. The topological polar surface area (TPSA) is 58.6 Å². The lowest BCUT2D eigenvalue weighted by Crippen LogP contribution is -2.65. The first-order valence-electron chi connectivity index (χ1n) is 7.44. The number of carbonyl (C=O) groups excluding carboxylic acids is 2. The van der Waals surface area contributed by atoms with E-state index >= 15 is 0 Å². The Balaban J connectivity index is 1.57. The van der Waals surface area contributed by atoms with Crippen molar-refractivity contribution in [3.05, 3.63) is 35.9 Å². The molecular formula is C16H20N2O3. The number of benzene rings is 1. The summed E-state index contributed by atoms with van der Waals surface area (Å²) in [6, 6.07) is 9.65. The highest BCUT2D eigenvalue weighted by molar-refractivity contribution is 5.85. The second-order valence-corrected chi connectivity index (χ2v) is 5.92. The van der Waals surface area contributed by atoms with Gasteiger partial charge >= 0.3 is 6.09 Å². The van der Waals surface area contributed by atoms with Crippen LogP contribution in [-0.2, 0) is 16.1 Å². The van der Waals surface area contributed by atoms with E-state index in [1.807, 2.05) is 30.3 Å². The van der Waals surface area contributed by atoms with Crippen LogP contribution in [0.1, 0.15) is 31.2 Å². The standard InChI is InChI=1S/C16H20N2O3/c19-14-10-16(17-14)8-4-5-9-18(12-16)15(20)21-11-13-6-2-1-3-7-13/h1-3,6-7H,4-5,8-12H2,(H,17,19). The van der Waals surface area contributed by atoms with Crippen LogP contribution in [0, 0.1) is 0 Å². The van der Waals surface area contributed by atoms with Crippen LogP contribution in [0.15, 0.2) is 30.3 Å².